The second-order valence-corrected chi connectivity index (χ2v) is 5.35. The fourth-order valence-corrected chi connectivity index (χ4v) is 3.13. The topological polar surface area (TPSA) is 20.2 Å². The van der Waals surface area contributed by atoms with Crippen LogP contribution in [0, 0.1) is 23.6 Å². The molecule has 0 amide bonds. The van der Waals surface area contributed by atoms with Gasteiger partial charge in [-0.05, 0) is 48.6 Å². The molecular weight excluding hydrogens is 203 g/mol. The SMILES string of the molecule is OC(Cc1ccccc1F)C1CC2CC2C1. The first-order valence-electron chi connectivity index (χ1n) is 6.15. The van der Waals surface area contributed by atoms with Crippen molar-refractivity contribution in [3.05, 3.63) is 35.6 Å². The molecule has 0 aliphatic heterocycles. The molecule has 2 fully saturated rings. The molecule has 86 valence electrons. The van der Waals surface area contributed by atoms with Crippen LogP contribution >= 0.6 is 0 Å². The van der Waals surface area contributed by atoms with E-state index in [2.05, 4.69) is 0 Å². The minimum Gasteiger partial charge on any atom is -0.392 e. The molecule has 2 aliphatic rings. The molecule has 3 unspecified atom stereocenters. The van der Waals surface area contributed by atoms with E-state index in [9.17, 15) is 9.50 Å². The molecular formula is C14H17FO. The second-order valence-electron chi connectivity index (χ2n) is 5.35. The van der Waals surface area contributed by atoms with Gasteiger partial charge in [0.2, 0.25) is 0 Å². The molecule has 3 atom stereocenters. The number of benzene rings is 1. The summed E-state index contributed by atoms with van der Waals surface area (Å²) >= 11 is 0. The molecule has 0 saturated heterocycles. The largest absolute Gasteiger partial charge is 0.392 e. The van der Waals surface area contributed by atoms with E-state index in [0.29, 0.717) is 17.9 Å². The zero-order chi connectivity index (χ0) is 11.1. The minimum absolute atomic E-state index is 0.190. The van der Waals surface area contributed by atoms with Crippen LogP contribution in [0.25, 0.3) is 0 Å². The summed E-state index contributed by atoms with van der Waals surface area (Å²) in [6.45, 7) is 0. The molecule has 2 saturated carbocycles. The lowest BCUT2D eigenvalue weighted by Crippen LogP contribution is -2.22. The van der Waals surface area contributed by atoms with E-state index in [1.165, 1.54) is 12.5 Å². The van der Waals surface area contributed by atoms with Crippen molar-refractivity contribution in [1.29, 1.82) is 0 Å². The highest BCUT2D eigenvalue weighted by molar-refractivity contribution is 5.18. The quantitative estimate of drug-likeness (QED) is 0.830. The Bertz CT molecular complexity index is 380. The number of hydrogen-bond acceptors (Lipinski definition) is 1. The molecule has 2 heteroatoms. The van der Waals surface area contributed by atoms with Crippen molar-refractivity contribution >= 4 is 0 Å². The average molecular weight is 220 g/mol. The number of halogens is 1. The standard InChI is InChI=1S/C14H17FO/c15-13-4-2-1-3-9(13)8-14(16)12-6-10-5-11(10)7-12/h1-4,10-12,14,16H,5-8H2. The number of fused-ring (bicyclic) bond motifs is 1. The van der Waals surface area contributed by atoms with Crippen LogP contribution in [0.1, 0.15) is 24.8 Å². The Labute approximate surface area is 95.3 Å². The van der Waals surface area contributed by atoms with Crippen LogP contribution in [0.3, 0.4) is 0 Å². The lowest BCUT2D eigenvalue weighted by Gasteiger charge is -2.19. The summed E-state index contributed by atoms with van der Waals surface area (Å²) in [6.07, 6.45) is 3.78. The molecule has 1 aromatic rings. The fourth-order valence-electron chi connectivity index (χ4n) is 3.13. The summed E-state index contributed by atoms with van der Waals surface area (Å²) < 4.78 is 13.4. The Morgan fingerprint density at radius 2 is 1.88 bits per heavy atom. The van der Waals surface area contributed by atoms with Crippen molar-refractivity contribution < 1.29 is 9.50 Å². The first-order valence-corrected chi connectivity index (χ1v) is 6.15. The Morgan fingerprint density at radius 3 is 2.56 bits per heavy atom. The second kappa shape index (κ2) is 3.85. The van der Waals surface area contributed by atoms with Gasteiger partial charge in [-0.3, -0.25) is 0 Å². The van der Waals surface area contributed by atoms with Crippen LogP contribution in [-0.4, -0.2) is 11.2 Å². The number of aliphatic hydroxyl groups is 1. The van der Waals surface area contributed by atoms with Gasteiger partial charge in [0.05, 0.1) is 6.10 Å². The van der Waals surface area contributed by atoms with Crippen LogP contribution in [0.4, 0.5) is 4.39 Å². The Balaban J connectivity index is 1.64. The van der Waals surface area contributed by atoms with E-state index >= 15 is 0 Å². The molecule has 16 heavy (non-hydrogen) atoms. The average Bonchev–Trinajstić information content (AvgIpc) is 2.89. The van der Waals surface area contributed by atoms with Gasteiger partial charge in [-0.25, -0.2) is 4.39 Å². The maximum absolute atomic E-state index is 13.4. The van der Waals surface area contributed by atoms with E-state index in [-0.39, 0.29) is 11.9 Å². The third-order valence-electron chi connectivity index (χ3n) is 4.21. The van der Waals surface area contributed by atoms with Crippen molar-refractivity contribution in [2.45, 2.75) is 31.8 Å². The van der Waals surface area contributed by atoms with Gasteiger partial charge in [0, 0.05) is 6.42 Å². The molecule has 0 radical (unpaired) electrons. The molecule has 0 aromatic heterocycles. The van der Waals surface area contributed by atoms with E-state index in [4.69, 9.17) is 0 Å². The third kappa shape index (κ3) is 1.86. The Kier molecular flexibility index (Phi) is 2.47. The zero-order valence-electron chi connectivity index (χ0n) is 9.27. The Morgan fingerprint density at radius 1 is 1.19 bits per heavy atom. The predicted octanol–water partition coefficient (Wildman–Crippen LogP) is 2.78. The Hall–Kier alpha value is -0.890. The van der Waals surface area contributed by atoms with Crippen LogP contribution in [0.5, 0.6) is 0 Å². The maximum atomic E-state index is 13.4. The molecule has 1 N–H and O–H groups in total. The lowest BCUT2D eigenvalue weighted by atomic mass is 9.92. The van der Waals surface area contributed by atoms with Gasteiger partial charge < -0.3 is 5.11 Å². The molecule has 1 nitrogen and oxygen atoms in total. The molecule has 2 aliphatic carbocycles. The van der Waals surface area contributed by atoms with Gasteiger partial charge in [0.1, 0.15) is 5.82 Å². The van der Waals surface area contributed by atoms with E-state index < -0.39 is 0 Å². The smallest absolute Gasteiger partial charge is 0.126 e. The third-order valence-corrected chi connectivity index (χ3v) is 4.21. The summed E-state index contributed by atoms with van der Waals surface area (Å²) in [6, 6.07) is 6.76. The number of rotatable bonds is 3. The first kappa shape index (κ1) is 10.3. The van der Waals surface area contributed by atoms with Gasteiger partial charge in [-0.1, -0.05) is 18.2 Å². The van der Waals surface area contributed by atoms with Crippen LogP contribution < -0.4 is 0 Å². The number of hydrogen-bond donors (Lipinski definition) is 1. The highest BCUT2D eigenvalue weighted by Gasteiger charge is 2.47. The van der Waals surface area contributed by atoms with Gasteiger partial charge >= 0.3 is 0 Å². The maximum Gasteiger partial charge on any atom is 0.126 e. The van der Waals surface area contributed by atoms with Crippen molar-refractivity contribution in [3.63, 3.8) is 0 Å². The van der Waals surface area contributed by atoms with Gasteiger partial charge in [0.15, 0.2) is 0 Å². The molecule has 0 heterocycles. The van der Waals surface area contributed by atoms with Crippen molar-refractivity contribution in [3.8, 4) is 0 Å². The summed E-state index contributed by atoms with van der Waals surface area (Å²) in [7, 11) is 0. The summed E-state index contributed by atoms with van der Waals surface area (Å²) in [4.78, 5) is 0. The highest BCUT2D eigenvalue weighted by atomic mass is 19.1. The normalized spacial score (nSPS) is 33.5. The highest BCUT2D eigenvalue weighted by Crippen LogP contribution is 2.55. The van der Waals surface area contributed by atoms with E-state index in [0.717, 1.165) is 24.7 Å². The number of aliphatic hydroxyl groups excluding tert-OH is 1. The van der Waals surface area contributed by atoms with Gasteiger partial charge in [0.25, 0.3) is 0 Å². The minimum atomic E-state index is -0.357. The van der Waals surface area contributed by atoms with Gasteiger partial charge in [-0.15, -0.1) is 0 Å². The van der Waals surface area contributed by atoms with E-state index in [1.54, 1.807) is 12.1 Å². The first-order chi connectivity index (χ1) is 7.74. The van der Waals surface area contributed by atoms with Crippen LogP contribution in [0.2, 0.25) is 0 Å². The summed E-state index contributed by atoms with van der Waals surface area (Å²) in [5.74, 6) is 1.97. The fraction of sp³-hybridized carbons (Fsp3) is 0.571. The van der Waals surface area contributed by atoms with Gasteiger partial charge in [-0.2, -0.15) is 0 Å². The van der Waals surface area contributed by atoms with Crippen LogP contribution in [0.15, 0.2) is 24.3 Å². The molecule has 0 spiro atoms. The molecule has 3 rings (SSSR count). The predicted molar refractivity (Wildman–Crippen MR) is 60.4 cm³/mol. The lowest BCUT2D eigenvalue weighted by molar-refractivity contribution is 0.103. The van der Waals surface area contributed by atoms with Crippen molar-refractivity contribution in [1.82, 2.24) is 0 Å². The summed E-state index contributed by atoms with van der Waals surface area (Å²) in [5, 5.41) is 10.1. The monoisotopic (exact) mass is 220 g/mol. The van der Waals surface area contributed by atoms with E-state index in [1.807, 2.05) is 6.07 Å². The van der Waals surface area contributed by atoms with Crippen molar-refractivity contribution in [2.24, 2.45) is 17.8 Å². The van der Waals surface area contributed by atoms with Crippen molar-refractivity contribution in [2.75, 3.05) is 0 Å². The zero-order valence-corrected chi connectivity index (χ0v) is 9.27. The molecule has 1 aromatic carbocycles. The van der Waals surface area contributed by atoms with Crippen LogP contribution in [-0.2, 0) is 6.42 Å². The summed E-state index contributed by atoms with van der Waals surface area (Å²) in [5.41, 5.74) is 0.649. The molecule has 0 bridgehead atoms.